The second-order valence-corrected chi connectivity index (χ2v) is 7.52. The number of hydrogen-bond acceptors (Lipinski definition) is 4. The highest BCUT2D eigenvalue weighted by Crippen LogP contribution is 1.97. The van der Waals surface area contributed by atoms with Crippen molar-refractivity contribution in [2.45, 2.75) is 58.3 Å². The summed E-state index contributed by atoms with van der Waals surface area (Å²) in [6.45, 7) is 5.41. The molecular weight excluding hydrogens is 426 g/mol. The first kappa shape index (κ1) is 31.8. The van der Waals surface area contributed by atoms with Crippen LogP contribution in [0.2, 0.25) is 0 Å². The Morgan fingerprint density at radius 1 is 0.618 bits per heavy atom. The molecule has 34 heavy (non-hydrogen) atoms. The zero-order chi connectivity index (χ0) is 24.8. The van der Waals surface area contributed by atoms with E-state index in [4.69, 9.17) is 14.2 Å². The number of methoxy groups -OCH3 is 1. The minimum Gasteiger partial charge on any atom is -0.382 e. The van der Waals surface area contributed by atoms with Gasteiger partial charge in [0.15, 0.2) is 0 Å². The molecule has 0 fully saturated rings. The normalized spacial score (nSPS) is 12.6. The summed E-state index contributed by atoms with van der Waals surface area (Å²) in [5, 5.41) is 2.86. The van der Waals surface area contributed by atoms with E-state index in [-0.39, 0.29) is 5.91 Å². The predicted octanol–water partition coefficient (Wildman–Crippen LogP) is 6.26. The Morgan fingerprint density at radius 2 is 1.06 bits per heavy atom. The van der Waals surface area contributed by atoms with Gasteiger partial charge in [0.05, 0.1) is 33.0 Å². The van der Waals surface area contributed by atoms with Gasteiger partial charge in [0, 0.05) is 20.1 Å². The van der Waals surface area contributed by atoms with Crippen LogP contribution in [0.4, 0.5) is 0 Å². The monoisotopic (exact) mass is 473 g/mol. The van der Waals surface area contributed by atoms with Crippen LogP contribution in [0.3, 0.4) is 0 Å². The molecule has 0 aromatic heterocycles. The van der Waals surface area contributed by atoms with E-state index in [1.54, 1.807) is 7.11 Å². The van der Waals surface area contributed by atoms with Crippen LogP contribution in [0, 0.1) is 0 Å². The van der Waals surface area contributed by atoms with Gasteiger partial charge in [-0.1, -0.05) is 79.8 Å². The third-order valence-corrected chi connectivity index (χ3v) is 4.51. The summed E-state index contributed by atoms with van der Waals surface area (Å²) in [5.41, 5.74) is 0. The van der Waals surface area contributed by atoms with E-state index < -0.39 is 0 Å². The van der Waals surface area contributed by atoms with Crippen LogP contribution >= 0.6 is 0 Å². The highest BCUT2D eigenvalue weighted by atomic mass is 16.5. The van der Waals surface area contributed by atoms with Gasteiger partial charge < -0.3 is 19.5 Å². The summed E-state index contributed by atoms with van der Waals surface area (Å²) in [6.07, 6.45) is 33.4. The van der Waals surface area contributed by atoms with Gasteiger partial charge >= 0.3 is 0 Å². The molecule has 0 saturated carbocycles. The van der Waals surface area contributed by atoms with E-state index in [2.05, 4.69) is 85.2 Å². The lowest BCUT2D eigenvalue weighted by Crippen LogP contribution is -2.27. The van der Waals surface area contributed by atoms with Crippen molar-refractivity contribution in [1.82, 2.24) is 5.32 Å². The minimum atomic E-state index is 0.0551. The Hall–Kier alpha value is -2.21. The molecule has 1 amide bonds. The van der Waals surface area contributed by atoms with Gasteiger partial charge in [-0.05, 0) is 44.9 Å². The van der Waals surface area contributed by atoms with Gasteiger partial charge in [-0.25, -0.2) is 0 Å². The largest absolute Gasteiger partial charge is 0.382 e. The molecule has 5 nitrogen and oxygen atoms in total. The summed E-state index contributed by atoms with van der Waals surface area (Å²) in [4.78, 5) is 11.8. The molecule has 1 N–H and O–H groups in total. The van der Waals surface area contributed by atoms with Crippen LogP contribution in [0.15, 0.2) is 72.9 Å². The molecule has 5 heteroatoms. The molecule has 0 atom stereocenters. The SMILES string of the molecule is CC/C=C\C/C=C\C/C=C\C/C=C\C/C=C\C/C=C\CCC(=O)NCCOCCOCCOC. The van der Waals surface area contributed by atoms with Crippen molar-refractivity contribution in [3.05, 3.63) is 72.9 Å². The maximum Gasteiger partial charge on any atom is 0.220 e. The molecule has 0 saturated heterocycles. The van der Waals surface area contributed by atoms with E-state index in [0.29, 0.717) is 46.0 Å². The van der Waals surface area contributed by atoms with Crippen molar-refractivity contribution in [3.63, 3.8) is 0 Å². The number of amides is 1. The molecule has 0 aliphatic carbocycles. The maximum absolute atomic E-state index is 11.8. The molecule has 0 radical (unpaired) electrons. The summed E-state index contributed by atoms with van der Waals surface area (Å²) >= 11 is 0. The van der Waals surface area contributed by atoms with Crippen LogP contribution in [-0.2, 0) is 19.0 Å². The Kier molecular flexibility index (Phi) is 26.9. The van der Waals surface area contributed by atoms with Crippen molar-refractivity contribution in [3.8, 4) is 0 Å². The van der Waals surface area contributed by atoms with Crippen LogP contribution in [0.5, 0.6) is 0 Å². The number of carbonyl (C=O) groups excluding carboxylic acids is 1. The van der Waals surface area contributed by atoms with E-state index in [9.17, 15) is 4.79 Å². The van der Waals surface area contributed by atoms with Crippen molar-refractivity contribution in [2.75, 3.05) is 46.7 Å². The van der Waals surface area contributed by atoms with Gasteiger partial charge in [-0.15, -0.1) is 0 Å². The fourth-order valence-electron chi connectivity index (χ4n) is 2.67. The van der Waals surface area contributed by atoms with Gasteiger partial charge in [0.25, 0.3) is 0 Å². The Morgan fingerprint density at radius 3 is 1.56 bits per heavy atom. The minimum absolute atomic E-state index is 0.0551. The van der Waals surface area contributed by atoms with Crippen molar-refractivity contribution >= 4 is 5.91 Å². The van der Waals surface area contributed by atoms with Crippen molar-refractivity contribution in [1.29, 1.82) is 0 Å². The second kappa shape index (κ2) is 28.8. The molecule has 0 aromatic rings. The lowest BCUT2D eigenvalue weighted by atomic mass is 10.2. The number of hydrogen-bond donors (Lipinski definition) is 1. The van der Waals surface area contributed by atoms with Crippen LogP contribution in [0.1, 0.15) is 58.3 Å². The van der Waals surface area contributed by atoms with Crippen LogP contribution < -0.4 is 5.32 Å². The predicted molar refractivity (Wildman–Crippen MR) is 144 cm³/mol. The Bertz CT molecular complexity index is 618. The average molecular weight is 474 g/mol. The molecule has 0 aliphatic rings. The van der Waals surface area contributed by atoms with Crippen molar-refractivity contribution < 1.29 is 19.0 Å². The zero-order valence-corrected chi connectivity index (χ0v) is 21.5. The highest BCUT2D eigenvalue weighted by molar-refractivity contribution is 5.75. The molecule has 0 bridgehead atoms. The Labute approximate surface area is 208 Å². The number of nitrogens with one attached hydrogen (secondary N) is 1. The summed E-state index contributed by atoms with van der Waals surface area (Å²) < 4.78 is 15.6. The number of allylic oxidation sites excluding steroid dienone is 12. The number of rotatable bonds is 23. The van der Waals surface area contributed by atoms with Crippen LogP contribution in [0.25, 0.3) is 0 Å². The summed E-state index contributed by atoms with van der Waals surface area (Å²) in [5.74, 6) is 0.0551. The highest BCUT2D eigenvalue weighted by Gasteiger charge is 1.98. The van der Waals surface area contributed by atoms with Crippen LogP contribution in [-0.4, -0.2) is 52.6 Å². The number of ether oxygens (including phenoxy) is 3. The average Bonchev–Trinajstić information content (AvgIpc) is 2.84. The van der Waals surface area contributed by atoms with Gasteiger partial charge in [0.2, 0.25) is 5.91 Å². The smallest absolute Gasteiger partial charge is 0.220 e. The molecular formula is C29H47NO4. The topological polar surface area (TPSA) is 56.8 Å². The first-order valence-corrected chi connectivity index (χ1v) is 12.6. The molecule has 0 spiro atoms. The van der Waals surface area contributed by atoms with Gasteiger partial charge in [-0.3, -0.25) is 4.79 Å². The fourth-order valence-corrected chi connectivity index (χ4v) is 2.67. The van der Waals surface area contributed by atoms with Crippen molar-refractivity contribution in [2.24, 2.45) is 0 Å². The molecule has 0 aliphatic heterocycles. The summed E-state index contributed by atoms with van der Waals surface area (Å²) in [7, 11) is 1.64. The molecule has 0 aromatic carbocycles. The molecule has 0 heterocycles. The molecule has 192 valence electrons. The van der Waals surface area contributed by atoms with E-state index in [1.165, 1.54) is 0 Å². The quantitative estimate of drug-likeness (QED) is 0.141. The standard InChI is InChI=1S/C29H47NO4/c1-3-4-5-6-7-8-9-10-11-12-13-14-15-16-17-18-19-20-21-22-29(31)30-23-24-33-27-28-34-26-25-32-2/h4-5,7-8,10-11,13-14,16-17,19-20H,3,6,9,12,15,18,21-28H2,1-2H3,(H,30,31)/b5-4-,8-7-,11-10-,14-13-,17-16-,20-19-. The second-order valence-electron chi connectivity index (χ2n) is 7.52. The van der Waals surface area contributed by atoms with Gasteiger partial charge in [-0.2, -0.15) is 0 Å². The summed E-state index contributed by atoms with van der Waals surface area (Å²) in [6, 6.07) is 0. The van der Waals surface area contributed by atoms with E-state index in [1.807, 2.05) is 0 Å². The van der Waals surface area contributed by atoms with Gasteiger partial charge in [0.1, 0.15) is 0 Å². The third-order valence-electron chi connectivity index (χ3n) is 4.51. The molecule has 0 unspecified atom stereocenters. The lowest BCUT2D eigenvalue weighted by molar-refractivity contribution is -0.121. The number of carbonyl (C=O) groups is 1. The van der Waals surface area contributed by atoms with E-state index >= 15 is 0 Å². The maximum atomic E-state index is 11.8. The zero-order valence-electron chi connectivity index (χ0n) is 21.5. The first-order chi connectivity index (χ1) is 16.8. The fraction of sp³-hybridized carbons (Fsp3) is 0.552. The third kappa shape index (κ3) is 27.8. The first-order valence-electron chi connectivity index (χ1n) is 12.6. The molecule has 0 rings (SSSR count). The lowest BCUT2D eigenvalue weighted by Gasteiger charge is -2.06. The Balaban J connectivity index is 3.49. The van der Waals surface area contributed by atoms with E-state index in [0.717, 1.165) is 44.9 Å².